The number of hydrogen-bond donors (Lipinski definition) is 2. The summed E-state index contributed by atoms with van der Waals surface area (Å²) in [5, 5.41) is 11.3. The molecule has 16 heavy (non-hydrogen) atoms. The maximum absolute atomic E-state index is 11.2. The summed E-state index contributed by atoms with van der Waals surface area (Å²) < 4.78 is 0. The summed E-state index contributed by atoms with van der Waals surface area (Å²) in [6, 6.07) is 0. The number of hydrogen-bond acceptors (Lipinski definition) is 2. The van der Waals surface area contributed by atoms with Gasteiger partial charge in [-0.05, 0) is 12.8 Å². The van der Waals surface area contributed by atoms with Crippen molar-refractivity contribution in [2.75, 3.05) is 6.54 Å². The maximum Gasteiger partial charge on any atom is 0.303 e. The number of carbonyl (C=O) groups excluding carboxylic acids is 1. The molecule has 1 unspecified atom stereocenters. The lowest BCUT2D eigenvalue weighted by atomic mass is 10.0. The first-order valence-electron chi connectivity index (χ1n) is 5.39. The van der Waals surface area contributed by atoms with Crippen molar-refractivity contribution >= 4 is 11.9 Å². The Morgan fingerprint density at radius 1 is 1.38 bits per heavy atom. The van der Waals surface area contributed by atoms with Crippen molar-refractivity contribution in [2.24, 2.45) is 5.92 Å². The molecule has 2 N–H and O–H groups in total. The second-order valence-corrected chi connectivity index (χ2v) is 3.50. The van der Waals surface area contributed by atoms with Crippen molar-refractivity contribution in [3.63, 3.8) is 0 Å². The highest BCUT2D eigenvalue weighted by atomic mass is 16.4. The Kier molecular flexibility index (Phi) is 7.85. The van der Waals surface area contributed by atoms with E-state index < -0.39 is 5.97 Å². The van der Waals surface area contributed by atoms with E-state index in [1.54, 1.807) is 12.2 Å². The molecule has 0 spiro atoms. The highest BCUT2D eigenvalue weighted by Gasteiger charge is 2.11. The Labute approximate surface area is 96.0 Å². The monoisotopic (exact) mass is 225 g/mol. The smallest absolute Gasteiger partial charge is 0.303 e. The molecule has 0 saturated heterocycles. The summed E-state index contributed by atoms with van der Waals surface area (Å²) in [5.74, 6) is -1.02. The van der Waals surface area contributed by atoms with Crippen LogP contribution in [0.4, 0.5) is 0 Å². The third kappa shape index (κ3) is 7.79. The van der Waals surface area contributed by atoms with E-state index in [0.717, 1.165) is 6.42 Å². The van der Waals surface area contributed by atoms with E-state index in [9.17, 15) is 9.59 Å². The molecule has 1 atom stereocenters. The molecule has 0 aromatic rings. The van der Waals surface area contributed by atoms with E-state index in [-0.39, 0.29) is 18.2 Å². The fraction of sp³-hybridized carbons (Fsp3) is 0.500. The van der Waals surface area contributed by atoms with Gasteiger partial charge in [0.15, 0.2) is 0 Å². The Morgan fingerprint density at radius 3 is 2.56 bits per heavy atom. The lowest BCUT2D eigenvalue weighted by molar-refractivity contribution is -0.138. The average molecular weight is 225 g/mol. The molecule has 0 aliphatic carbocycles. The minimum atomic E-state index is -0.828. The van der Waals surface area contributed by atoms with E-state index in [0.29, 0.717) is 6.54 Å². The third-order valence-corrected chi connectivity index (χ3v) is 2.16. The SMILES string of the molecule is CC=C/C=C/C(=O)NCC(CC)CC(=O)O. The zero-order chi connectivity index (χ0) is 12.4. The van der Waals surface area contributed by atoms with Gasteiger partial charge in [-0.1, -0.05) is 31.6 Å². The zero-order valence-corrected chi connectivity index (χ0v) is 9.77. The molecule has 0 aliphatic rings. The number of nitrogens with one attached hydrogen (secondary N) is 1. The Balaban J connectivity index is 3.92. The van der Waals surface area contributed by atoms with Gasteiger partial charge in [0.25, 0.3) is 0 Å². The molecule has 0 radical (unpaired) electrons. The van der Waals surface area contributed by atoms with Gasteiger partial charge in [-0.2, -0.15) is 0 Å². The van der Waals surface area contributed by atoms with Gasteiger partial charge in [0, 0.05) is 19.0 Å². The van der Waals surface area contributed by atoms with Gasteiger partial charge in [-0.3, -0.25) is 9.59 Å². The molecule has 0 saturated carbocycles. The standard InChI is InChI=1S/C12H19NO3/c1-3-5-6-7-11(14)13-9-10(4-2)8-12(15)16/h3,5-7,10H,4,8-9H2,1-2H3,(H,13,14)(H,15,16)/b5-3?,7-6+. The Bertz CT molecular complexity index is 282. The van der Waals surface area contributed by atoms with Crippen LogP contribution in [0.25, 0.3) is 0 Å². The number of carboxylic acids is 1. The van der Waals surface area contributed by atoms with Crippen LogP contribution in [0.15, 0.2) is 24.3 Å². The first-order chi connectivity index (χ1) is 7.60. The van der Waals surface area contributed by atoms with Crippen molar-refractivity contribution in [1.29, 1.82) is 0 Å². The highest BCUT2D eigenvalue weighted by molar-refractivity contribution is 5.87. The molecule has 0 bridgehead atoms. The first-order valence-corrected chi connectivity index (χ1v) is 5.39. The molecule has 0 aliphatic heterocycles. The first kappa shape index (κ1) is 14.4. The van der Waals surface area contributed by atoms with E-state index in [1.165, 1.54) is 6.08 Å². The molecule has 4 nitrogen and oxygen atoms in total. The molecular weight excluding hydrogens is 206 g/mol. The fourth-order valence-corrected chi connectivity index (χ4v) is 1.17. The summed E-state index contributed by atoms with van der Waals surface area (Å²) in [6.07, 6.45) is 7.48. The lowest BCUT2D eigenvalue weighted by Crippen LogP contribution is -2.28. The molecule has 4 heteroatoms. The van der Waals surface area contributed by atoms with E-state index in [2.05, 4.69) is 5.32 Å². The molecular formula is C12H19NO3. The summed E-state index contributed by atoms with van der Waals surface area (Å²) in [5.41, 5.74) is 0. The van der Waals surface area contributed by atoms with Gasteiger partial charge in [0.1, 0.15) is 0 Å². The van der Waals surface area contributed by atoms with Gasteiger partial charge < -0.3 is 10.4 Å². The molecule has 0 fully saturated rings. The zero-order valence-electron chi connectivity index (χ0n) is 9.77. The summed E-state index contributed by atoms with van der Waals surface area (Å²) in [4.78, 5) is 21.7. The van der Waals surface area contributed by atoms with Crippen LogP contribution in [0.2, 0.25) is 0 Å². The van der Waals surface area contributed by atoms with Crippen LogP contribution in [0.5, 0.6) is 0 Å². The fourth-order valence-electron chi connectivity index (χ4n) is 1.17. The van der Waals surface area contributed by atoms with Gasteiger partial charge in [-0.25, -0.2) is 0 Å². The molecule has 0 rings (SSSR count). The van der Waals surface area contributed by atoms with Crippen LogP contribution in [0.3, 0.4) is 0 Å². The number of allylic oxidation sites excluding steroid dienone is 3. The van der Waals surface area contributed by atoms with Gasteiger partial charge in [0.05, 0.1) is 0 Å². The number of amides is 1. The molecule has 90 valence electrons. The number of aliphatic carboxylic acids is 1. The summed E-state index contributed by atoms with van der Waals surface area (Å²) in [7, 11) is 0. The lowest BCUT2D eigenvalue weighted by Gasteiger charge is -2.12. The van der Waals surface area contributed by atoms with E-state index in [1.807, 2.05) is 19.9 Å². The van der Waals surface area contributed by atoms with Crippen molar-refractivity contribution in [2.45, 2.75) is 26.7 Å². The quantitative estimate of drug-likeness (QED) is 0.512. The maximum atomic E-state index is 11.2. The summed E-state index contributed by atoms with van der Waals surface area (Å²) >= 11 is 0. The summed E-state index contributed by atoms with van der Waals surface area (Å²) in [6.45, 7) is 4.18. The second-order valence-electron chi connectivity index (χ2n) is 3.50. The predicted molar refractivity (Wildman–Crippen MR) is 63.0 cm³/mol. The third-order valence-electron chi connectivity index (χ3n) is 2.16. The van der Waals surface area contributed by atoms with Crippen LogP contribution in [-0.2, 0) is 9.59 Å². The molecule has 0 heterocycles. The van der Waals surface area contributed by atoms with Crippen LogP contribution < -0.4 is 5.32 Å². The Hall–Kier alpha value is -1.58. The minimum Gasteiger partial charge on any atom is -0.481 e. The molecule has 0 aromatic heterocycles. The van der Waals surface area contributed by atoms with Gasteiger partial charge >= 0.3 is 5.97 Å². The van der Waals surface area contributed by atoms with Crippen LogP contribution in [0, 0.1) is 5.92 Å². The van der Waals surface area contributed by atoms with Gasteiger partial charge in [-0.15, -0.1) is 0 Å². The van der Waals surface area contributed by atoms with Crippen molar-refractivity contribution in [3.05, 3.63) is 24.3 Å². The van der Waals surface area contributed by atoms with Crippen LogP contribution in [0.1, 0.15) is 26.7 Å². The normalized spacial score (nSPS) is 13.1. The van der Waals surface area contributed by atoms with Crippen LogP contribution in [-0.4, -0.2) is 23.5 Å². The van der Waals surface area contributed by atoms with Gasteiger partial charge in [0.2, 0.25) is 5.91 Å². The van der Waals surface area contributed by atoms with Crippen LogP contribution >= 0.6 is 0 Å². The largest absolute Gasteiger partial charge is 0.481 e. The highest BCUT2D eigenvalue weighted by Crippen LogP contribution is 2.06. The number of rotatable bonds is 7. The molecule has 1 amide bonds. The van der Waals surface area contributed by atoms with Crippen molar-refractivity contribution in [1.82, 2.24) is 5.32 Å². The minimum absolute atomic E-state index is 0.00318. The predicted octanol–water partition coefficient (Wildman–Crippen LogP) is 1.74. The van der Waals surface area contributed by atoms with E-state index >= 15 is 0 Å². The number of carbonyl (C=O) groups is 2. The number of carboxylic acid groups (broad SMARTS) is 1. The Morgan fingerprint density at radius 2 is 2.06 bits per heavy atom. The van der Waals surface area contributed by atoms with Crippen molar-refractivity contribution in [3.8, 4) is 0 Å². The average Bonchev–Trinajstić information content (AvgIpc) is 2.24. The van der Waals surface area contributed by atoms with Crippen molar-refractivity contribution < 1.29 is 14.7 Å². The topological polar surface area (TPSA) is 66.4 Å². The molecule has 0 aromatic carbocycles. The van der Waals surface area contributed by atoms with E-state index in [4.69, 9.17) is 5.11 Å². The second kappa shape index (κ2) is 8.71.